The summed E-state index contributed by atoms with van der Waals surface area (Å²) in [6.07, 6.45) is 3.90. The van der Waals surface area contributed by atoms with Crippen LogP contribution in [0.5, 0.6) is 0 Å². The van der Waals surface area contributed by atoms with E-state index in [0.29, 0.717) is 0 Å². The van der Waals surface area contributed by atoms with Crippen molar-refractivity contribution < 1.29 is 0 Å². The van der Waals surface area contributed by atoms with Crippen LogP contribution in [0.4, 0.5) is 0 Å². The first-order chi connectivity index (χ1) is 5.83. The van der Waals surface area contributed by atoms with E-state index >= 15 is 0 Å². The van der Waals surface area contributed by atoms with Gasteiger partial charge in [0, 0.05) is 4.88 Å². The molecule has 0 aliphatic carbocycles. The fraction of sp³-hybridized carbons (Fsp3) is 0.600. The zero-order valence-corrected chi connectivity index (χ0v) is 9.84. The third-order valence-corrected chi connectivity index (χ3v) is 5.99. The van der Waals surface area contributed by atoms with E-state index in [-0.39, 0.29) is 7.92 Å². The summed E-state index contributed by atoms with van der Waals surface area (Å²) in [4.78, 5) is 1.62. The Balaban J connectivity index is 2.83. The maximum atomic E-state index is 2.34. The highest BCUT2D eigenvalue weighted by atomic mass is 32.1. The van der Waals surface area contributed by atoms with E-state index in [1.165, 1.54) is 18.7 Å². The van der Waals surface area contributed by atoms with Crippen molar-refractivity contribution in [3.05, 3.63) is 16.3 Å². The van der Waals surface area contributed by atoms with Crippen molar-refractivity contribution in [1.29, 1.82) is 0 Å². The summed E-state index contributed by atoms with van der Waals surface area (Å²) >= 11 is 1.92. The topological polar surface area (TPSA) is 0 Å². The van der Waals surface area contributed by atoms with Crippen LogP contribution in [0.15, 0.2) is 11.4 Å². The van der Waals surface area contributed by atoms with Gasteiger partial charge in [-0.15, -0.1) is 11.3 Å². The number of hydrogen-bond donors (Lipinski definition) is 0. The number of aryl methyl sites for hydroxylation is 1. The summed E-state index contributed by atoms with van der Waals surface area (Å²) in [7, 11) is 0.169. The molecule has 0 saturated carbocycles. The van der Waals surface area contributed by atoms with E-state index in [0.717, 1.165) is 0 Å². The number of hydrogen-bond acceptors (Lipinski definition) is 1. The van der Waals surface area contributed by atoms with E-state index in [9.17, 15) is 0 Å². The van der Waals surface area contributed by atoms with E-state index in [4.69, 9.17) is 0 Å². The van der Waals surface area contributed by atoms with Gasteiger partial charge in [0.15, 0.2) is 0 Å². The second-order valence-electron chi connectivity index (χ2n) is 2.75. The van der Waals surface area contributed by atoms with Gasteiger partial charge in [-0.05, 0) is 35.5 Å². The molecule has 2 heteroatoms. The smallest absolute Gasteiger partial charge is 0.0119 e. The predicted octanol–water partition coefficient (Wildman–Crippen LogP) is 3.46. The van der Waals surface area contributed by atoms with Crippen molar-refractivity contribution in [2.45, 2.75) is 27.2 Å². The van der Waals surface area contributed by atoms with Gasteiger partial charge in [0.2, 0.25) is 0 Å². The molecular formula is C10H17PS. The minimum atomic E-state index is 0.169. The molecule has 1 aromatic rings. The molecule has 0 nitrogen and oxygen atoms in total. The third kappa shape index (κ3) is 2.08. The van der Waals surface area contributed by atoms with Crippen LogP contribution in [0.25, 0.3) is 0 Å². The molecule has 68 valence electrons. The molecule has 0 atom stereocenters. The Hall–Kier alpha value is 0.130. The maximum Gasteiger partial charge on any atom is 0.0119 e. The Morgan fingerprint density at radius 1 is 1.25 bits per heavy atom. The second kappa shape index (κ2) is 4.99. The summed E-state index contributed by atoms with van der Waals surface area (Å²) in [6.45, 7) is 6.88. The minimum Gasteiger partial charge on any atom is -0.148 e. The number of rotatable bonds is 4. The molecule has 0 aromatic carbocycles. The van der Waals surface area contributed by atoms with Crippen LogP contribution in [-0.2, 0) is 6.42 Å². The molecule has 0 spiro atoms. The van der Waals surface area contributed by atoms with Crippen molar-refractivity contribution >= 4 is 24.6 Å². The lowest BCUT2D eigenvalue weighted by atomic mass is 10.4. The summed E-state index contributed by atoms with van der Waals surface area (Å²) in [5.74, 6) is 0. The quantitative estimate of drug-likeness (QED) is 0.653. The normalized spacial score (nSPS) is 11.0. The van der Waals surface area contributed by atoms with Gasteiger partial charge < -0.3 is 0 Å². The molecule has 0 aliphatic rings. The fourth-order valence-electron chi connectivity index (χ4n) is 1.44. The van der Waals surface area contributed by atoms with Gasteiger partial charge in [0.1, 0.15) is 0 Å². The van der Waals surface area contributed by atoms with E-state index in [1.807, 2.05) is 11.3 Å². The van der Waals surface area contributed by atoms with Crippen LogP contribution in [0, 0.1) is 0 Å². The predicted molar refractivity (Wildman–Crippen MR) is 61.3 cm³/mol. The highest BCUT2D eigenvalue weighted by Gasteiger charge is 2.10. The van der Waals surface area contributed by atoms with Crippen molar-refractivity contribution in [2.75, 3.05) is 12.3 Å². The van der Waals surface area contributed by atoms with Gasteiger partial charge >= 0.3 is 0 Å². The molecule has 0 unspecified atom stereocenters. The van der Waals surface area contributed by atoms with Gasteiger partial charge in [0.05, 0.1) is 0 Å². The summed E-state index contributed by atoms with van der Waals surface area (Å²) in [6, 6.07) is 2.34. The van der Waals surface area contributed by atoms with Crippen LogP contribution < -0.4 is 5.30 Å². The van der Waals surface area contributed by atoms with Gasteiger partial charge in [-0.2, -0.15) is 0 Å². The molecule has 0 fully saturated rings. The average molecular weight is 200 g/mol. The van der Waals surface area contributed by atoms with Gasteiger partial charge in [-0.3, -0.25) is 0 Å². The second-order valence-corrected chi connectivity index (χ2v) is 6.58. The standard InChI is InChI=1S/C10H17PS/c1-4-10-9(7-8-12-10)11(5-2)6-3/h7-8H,4-6H2,1-3H3. The van der Waals surface area contributed by atoms with Gasteiger partial charge in [-0.25, -0.2) is 0 Å². The summed E-state index contributed by atoms with van der Waals surface area (Å²) in [5.41, 5.74) is 0. The minimum absolute atomic E-state index is 0.169. The monoisotopic (exact) mass is 200 g/mol. The molecule has 0 amide bonds. The Morgan fingerprint density at radius 3 is 2.42 bits per heavy atom. The highest BCUT2D eigenvalue weighted by molar-refractivity contribution is 7.66. The average Bonchev–Trinajstić information content (AvgIpc) is 2.55. The van der Waals surface area contributed by atoms with Crippen molar-refractivity contribution in [2.24, 2.45) is 0 Å². The molecule has 1 aromatic heterocycles. The zero-order valence-electron chi connectivity index (χ0n) is 8.13. The molecule has 0 bridgehead atoms. The number of thiophene rings is 1. The molecule has 1 rings (SSSR count). The maximum absolute atomic E-state index is 2.34. The molecule has 12 heavy (non-hydrogen) atoms. The molecule has 0 saturated heterocycles. The molecule has 0 aliphatic heterocycles. The molecular weight excluding hydrogens is 183 g/mol. The van der Waals surface area contributed by atoms with Crippen molar-refractivity contribution in [1.82, 2.24) is 0 Å². The Bertz CT molecular complexity index is 225. The lowest BCUT2D eigenvalue weighted by Crippen LogP contribution is -2.05. The van der Waals surface area contributed by atoms with Crippen LogP contribution in [-0.4, -0.2) is 12.3 Å². The molecule has 0 N–H and O–H groups in total. The first-order valence-electron chi connectivity index (χ1n) is 4.64. The zero-order chi connectivity index (χ0) is 8.97. The first-order valence-corrected chi connectivity index (χ1v) is 7.23. The third-order valence-electron chi connectivity index (χ3n) is 2.15. The van der Waals surface area contributed by atoms with E-state index in [2.05, 4.69) is 32.2 Å². The largest absolute Gasteiger partial charge is 0.148 e. The molecule has 0 radical (unpaired) electrons. The fourth-order valence-corrected chi connectivity index (χ4v) is 4.74. The van der Waals surface area contributed by atoms with Gasteiger partial charge in [0.25, 0.3) is 0 Å². The lowest BCUT2D eigenvalue weighted by molar-refractivity contribution is 1.20. The summed E-state index contributed by atoms with van der Waals surface area (Å²) in [5, 5.41) is 3.91. The Kier molecular flexibility index (Phi) is 4.25. The molecule has 1 heterocycles. The van der Waals surface area contributed by atoms with Crippen LogP contribution in [0.1, 0.15) is 25.6 Å². The summed E-state index contributed by atoms with van der Waals surface area (Å²) < 4.78 is 0. The lowest BCUT2D eigenvalue weighted by Gasteiger charge is -2.13. The van der Waals surface area contributed by atoms with E-state index in [1.54, 1.807) is 10.2 Å². The van der Waals surface area contributed by atoms with Crippen LogP contribution in [0.2, 0.25) is 0 Å². The van der Waals surface area contributed by atoms with Gasteiger partial charge in [-0.1, -0.05) is 28.7 Å². The van der Waals surface area contributed by atoms with Crippen molar-refractivity contribution in [3.8, 4) is 0 Å². The Labute approximate surface area is 80.8 Å². The van der Waals surface area contributed by atoms with E-state index < -0.39 is 0 Å². The highest BCUT2D eigenvalue weighted by Crippen LogP contribution is 2.35. The Morgan fingerprint density at radius 2 is 1.92 bits per heavy atom. The van der Waals surface area contributed by atoms with Crippen LogP contribution >= 0.6 is 19.3 Å². The van der Waals surface area contributed by atoms with Crippen LogP contribution in [0.3, 0.4) is 0 Å². The first kappa shape index (κ1) is 10.2. The van der Waals surface area contributed by atoms with Crippen molar-refractivity contribution in [3.63, 3.8) is 0 Å². The SMILES string of the molecule is CCc1sccc1P(CC)CC.